The number of piperidine rings is 1. The summed E-state index contributed by atoms with van der Waals surface area (Å²) >= 11 is 0. The van der Waals surface area contributed by atoms with Crippen LogP contribution in [0.1, 0.15) is 56.1 Å². The number of hydrogen-bond acceptors (Lipinski definition) is 9. The summed E-state index contributed by atoms with van der Waals surface area (Å²) in [7, 11) is 1.80. The number of likely N-dealkylation sites (tertiary alicyclic amines) is 1. The Labute approximate surface area is 267 Å². The van der Waals surface area contributed by atoms with Gasteiger partial charge in [0, 0.05) is 25.5 Å². The smallest absolute Gasteiger partial charge is 0.376 e. The van der Waals surface area contributed by atoms with Crippen LogP contribution >= 0.6 is 0 Å². The molecule has 0 saturated carbocycles. The van der Waals surface area contributed by atoms with Crippen LogP contribution < -0.4 is 16.0 Å². The Morgan fingerprint density at radius 1 is 1.17 bits per heavy atom. The highest BCUT2D eigenvalue weighted by molar-refractivity contribution is 5.99. The van der Waals surface area contributed by atoms with E-state index in [1.807, 2.05) is 25.7 Å². The number of imidazole rings is 1. The molecular weight excluding hydrogens is 624 g/mol. The molecule has 252 valence electrons. The first-order valence-corrected chi connectivity index (χ1v) is 14.9. The van der Waals surface area contributed by atoms with Crippen molar-refractivity contribution in [2.75, 3.05) is 30.8 Å². The number of fused-ring (bicyclic) bond motifs is 1. The molecule has 5 rings (SSSR count). The first-order valence-electron chi connectivity index (χ1n) is 14.9. The highest BCUT2D eigenvalue weighted by atomic mass is 19.4. The van der Waals surface area contributed by atoms with E-state index in [2.05, 4.69) is 36.2 Å². The van der Waals surface area contributed by atoms with Gasteiger partial charge in [-0.25, -0.2) is 9.37 Å². The Kier molecular flexibility index (Phi) is 9.38. The number of carbonyl (C=O) groups excluding carboxylic acids is 2. The van der Waals surface area contributed by atoms with Crippen LogP contribution in [0, 0.1) is 0 Å². The van der Waals surface area contributed by atoms with E-state index in [0.717, 1.165) is 0 Å². The summed E-state index contributed by atoms with van der Waals surface area (Å²) in [5, 5.41) is 16.4. The Hall–Kier alpha value is -4.80. The molecule has 0 spiro atoms. The second-order valence-corrected chi connectivity index (χ2v) is 12.4. The maximum atomic E-state index is 15.0. The number of nitrogens with zero attached hydrogens (tertiary/aromatic N) is 7. The minimum Gasteiger partial charge on any atom is -0.376 e. The number of carbonyl (C=O) groups is 2. The number of alkyl halides is 4. The van der Waals surface area contributed by atoms with Crippen molar-refractivity contribution < 1.29 is 31.7 Å². The van der Waals surface area contributed by atoms with Crippen LogP contribution in [0.3, 0.4) is 0 Å². The number of hydrogen-bond donors (Lipinski definition) is 3. The van der Waals surface area contributed by atoms with Gasteiger partial charge < -0.3 is 25.4 Å². The topological polar surface area (TPSA) is 148 Å². The van der Waals surface area contributed by atoms with Gasteiger partial charge in [0.05, 0.1) is 53.4 Å². The number of amides is 2. The number of pyridine rings is 1. The van der Waals surface area contributed by atoms with Crippen LogP contribution in [0.5, 0.6) is 0 Å². The molecule has 1 aliphatic rings. The van der Waals surface area contributed by atoms with Gasteiger partial charge in [-0.1, -0.05) is 11.2 Å². The second kappa shape index (κ2) is 13.1. The van der Waals surface area contributed by atoms with Crippen molar-refractivity contribution in [2.45, 2.75) is 71.0 Å². The molecule has 17 heteroatoms. The third kappa shape index (κ3) is 7.96. The molecule has 2 amide bonds. The van der Waals surface area contributed by atoms with Gasteiger partial charge in [0.15, 0.2) is 5.65 Å². The van der Waals surface area contributed by atoms with Gasteiger partial charge in [0.25, 0.3) is 5.91 Å². The van der Waals surface area contributed by atoms with Crippen molar-refractivity contribution >= 4 is 28.8 Å². The highest BCUT2D eigenvalue weighted by Gasteiger charge is 2.34. The number of anilines is 2. The van der Waals surface area contributed by atoms with E-state index in [1.54, 1.807) is 24.9 Å². The molecule has 1 fully saturated rings. The van der Waals surface area contributed by atoms with Crippen LogP contribution in [0.25, 0.3) is 17.2 Å². The average Bonchev–Trinajstić information content (AvgIpc) is 3.72. The maximum absolute atomic E-state index is 15.0. The molecule has 1 aliphatic heterocycles. The number of allylic oxidation sites excluding steroid dienone is 1. The van der Waals surface area contributed by atoms with E-state index in [0.29, 0.717) is 18.5 Å². The largest absolute Gasteiger partial charge is 0.394 e. The predicted molar refractivity (Wildman–Crippen MR) is 165 cm³/mol. The summed E-state index contributed by atoms with van der Waals surface area (Å²) < 4.78 is 65.0. The Bertz CT molecular complexity index is 1790. The molecule has 1 saturated heterocycles. The minimum absolute atomic E-state index is 0.0462. The molecular formula is C30H36F4N10O3. The molecule has 5 heterocycles. The lowest BCUT2D eigenvalue weighted by Gasteiger charge is -2.33. The first kappa shape index (κ1) is 33.6. The van der Waals surface area contributed by atoms with E-state index in [4.69, 9.17) is 4.52 Å². The van der Waals surface area contributed by atoms with E-state index in [9.17, 15) is 22.8 Å². The summed E-state index contributed by atoms with van der Waals surface area (Å²) in [6.07, 6.45) is 0.155. The van der Waals surface area contributed by atoms with E-state index in [-0.39, 0.29) is 58.8 Å². The van der Waals surface area contributed by atoms with E-state index < -0.39 is 36.6 Å². The SMILES string of the molecule is C/C=C/C(=O)Nc1cc(N[C@@H]2CCN(C)C[C@@H]2F)c2nc(-c3noc(CNC(=O)c4cnn(C(C)(C)C)c4)n3)c(CC(F)(F)F)n2c1. The third-order valence-corrected chi connectivity index (χ3v) is 7.47. The lowest BCUT2D eigenvalue weighted by atomic mass is 10.0. The number of halogens is 4. The van der Waals surface area contributed by atoms with Crippen molar-refractivity contribution in [3.63, 3.8) is 0 Å². The van der Waals surface area contributed by atoms with Crippen LogP contribution in [0.4, 0.5) is 28.9 Å². The summed E-state index contributed by atoms with van der Waals surface area (Å²) in [6, 6.07) is 0.841. The predicted octanol–water partition coefficient (Wildman–Crippen LogP) is 4.34. The molecule has 4 aromatic rings. The second-order valence-electron chi connectivity index (χ2n) is 12.4. The minimum atomic E-state index is -4.67. The summed E-state index contributed by atoms with van der Waals surface area (Å²) in [4.78, 5) is 35.6. The number of aromatic nitrogens is 6. The lowest BCUT2D eigenvalue weighted by Crippen LogP contribution is -2.46. The normalized spacial score (nSPS) is 17.8. The van der Waals surface area contributed by atoms with Gasteiger partial charge in [-0.2, -0.15) is 23.3 Å². The quantitative estimate of drug-likeness (QED) is 0.176. The van der Waals surface area contributed by atoms with Crippen LogP contribution in [0.15, 0.2) is 41.3 Å². The molecule has 13 nitrogen and oxygen atoms in total. The lowest BCUT2D eigenvalue weighted by molar-refractivity contribution is -0.127. The van der Waals surface area contributed by atoms with Crippen molar-refractivity contribution in [2.24, 2.45) is 0 Å². The number of rotatable bonds is 9. The van der Waals surface area contributed by atoms with Gasteiger partial charge in [-0.15, -0.1) is 0 Å². The average molecular weight is 661 g/mol. The summed E-state index contributed by atoms with van der Waals surface area (Å²) in [5.41, 5.74) is -0.182. The number of nitrogens with one attached hydrogen (secondary N) is 3. The van der Waals surface area contributed by atoms with Crippen molar-refractivity contribution in [1.29, 1.82) is 0 Å². The van der Waals surface area contributed by atoms with Crippen molar-refractivity contribution in [3.05, 3.63) is 54.0 Å². The maximum Gasteiger partial charge on any atom is 0.394 e. The van der Waals surface area contributed by atoms with Gasteiger partial charge in [-0.3, -0.25) is 18.7 Å². The van der Waals surface area contributed by atoms with E-state index >= 15 is 4.39 Å². The third-order valence-electron chi connectivity index (χ3n) is 7.47. The van der Waals surface area contributed by atoms with Crippen molar-refractivity contribution in [1.82, 2.24) is 39.5 Å². The van der Waals surface area contributed by atoms with Crippen LogP contribution in [0.2, 0.25) is 0 Å². The first-order chi connectivity index (χ1) is 22.1. The van der Waals surface area contributed by atoms with Gasteiger partial charge in [0.1, 0.15) is 11.9 Å². The molecule has 0 aliphatic carbocycles. The zero-order valence-electron chi connectivity index (χ0n) is 26.5. The van der Waals surface area contributed by atoms with Gasteiger partial charge >= 0.3 is 6.18 Å². The molecule has 4 aromatic heterocycles. The zero-order valence-corrected chi connectivity index (χ0v) is 26.5. The van der Waals surface area contributed by atoms with Gasteiger partial charge in [-0.05, 0) is 53.3 Å². The summed E-state index contributed by atoms with van der Waals surface area (Å²) in [5.74, 6) is -1.29. The molecule has 0 radical (unpaired) electrons. The standard InChI is InChI=1S/C30H36F4N10O3/c1-6-7-23(45)37-18-10-21(38-20-8-9-42(5)16-19(20)31)27-40-25(22(43(27)15-18)11-30(32,33)34)26-39-24(47-41-26)13-35-28(46)17-12-36-44(14-17)29(2,3)4/h6-7,10,12,14-15,19-20,38H,8-9,11,13,16H2,1-5H3,(H,35,46)(H,37,45)/b7-6+/t19-,20+/m0/s1. The Morgan fingerprint density at radius 3 is 2.60 bits per heavy atom. The molecule has 0 unspecified atom stereocenters. The molecule has 0 aromatic carbocycles. The van der Waals surface area contributed by atoms with Crippen LogP contribution in [-0.4, -0.2) is 84.5 Å². The highest BCUT2D eigenvalue weighted by Crippen LogP contribution is 2.34. The van der Waals surface area contributed by atoms with Crippen LogP contribution in [-0.2, 0) is 23.3 Å². The Morgan fingerprint density at radius 2 is 1.94 bits per heavy atom. The molecule has 0 bridgehead atoms. The van der Waals surface area contributed by atoms with Crippen molar-refractivity contribution in [3.8, 4) is 11.5 Å². The fourth-order valence-corrected chi connectivity index (χ4v) is 5.15. The molecule has 3 N–H and O–H groups in total. The zero-order chi connectivity index (χ0) is 34.1. The fraction of sp³-hybridized carbons (Fsp3) is 0.467. The molecule has 47 heavy (non-hydrogen) atoms. The Balaban J connectivity index is 1.50. The molecule has 2 atom stereocenters. The van der Waals surface area contributed by atoms with Gasteiger partial charge in [0.2, 0.25) is 17.6 Å². The fourth-order valence-electron chi connectivity index (χ4n) is 5.15. The van der Waals surface area contributed by atoms with E-state index in [1.165, 1.54) is 35.0 Å². The summed E-state index contributed by atoms with van der Waals surface area (Å²) in [6.45, 7) is 8.00. The monoisotopic (exact) mass is 660 g/mol.